The van der Waals surface area contributed by atoms with Gasteiger partial charge in [-0.25, -0.2) is 12.7 Å². The molecule has 1 N–H and O–H groups in total. The minimum atomic E-state index is -3.47. The number of amides is 1. The average molecular weight is 416 g/mol. The first-order valence-electron chi connectivity index (χ1n) is 9.73. The molecule has 0 aliphatic carbocycles. The normalized spacial score (nSPS) is 19.5. The van der Waals surface area contributed by atoms with Gasteiger partial charge in [-0.05, 0) is 30.5 Å². The van der Waals surface area contributed by atoms with Crippen molar-refractivity contribution in [1.29, 1.82) is 0 Å². The molecule has 0 spiro atoms. The lowest BCUT2D eigenvalue weighted by Gasteiger charge is -2.31. The predicted octanol–water partition coefficient (Wildman–Crippen LogP) is 2.64. The van der Waals surface area contributed by atoms with E-state index in [1.165, 1.54) is 4.31 Å². The molecule has 1 saturated heterocycles. The van der Waals surface area contributed by atoms with Gasteiger partial charge in [0.25, 0.3) is 0 Å². The van der Waals surface area contributed by atoms with E-state index in [1.807, 2.05) is 18.2 Å². The van der Waals surface area contributed by atoms with Gasteiger partial charge in [0.2, 0.25) is 15.9 Å². The zero-order chi connectivity index (χ0) is 20.3. The lowest BCUT2D eigenvalue weighted by Crippen LogP contribution is -2.44. The van der Waals surface area contributed by atoms with E-state index in [2.05, 4.69) is 5.32 Å². The van der Waals surface area contributed by atoms with Crippen LogP contribution in [0.2, 0.25) is 0 Å². The summed E-state index contributed by atoms with van der Waals surface area (Å²) in [7, 11) is -3.47. The summed E-state index contributed by atoms with van der Waals surface area (Å²) < 4.78 is 38.1. The number of rotatable bonds is 5. The Balaban J connectivity index is 1.40. The molecule has 7 nitrogen and oxygen atoms in total. The number of anilines is 1. The topological polar surface area (TPSA) is 84.9 Å². The van der Waals surface area contributed by atoms with Crippen LogP contribution in [-0.2, 0) is 20.6 Å². The van der Waals surface area contributed by atoms with Crippen LogP contribution in [-0.4, -0.2) is 44.9 Å². The van der Waals surface area contributed by atoms with Gasteiger partial charge in [0.1, 0.15) is 13.2 Å². The molecular weight excluding hydrogens is 392 g/mol. The van der Waals surface area contributed by atoms with Crippen LogP contribution in [0.25, 0.3) is 0 Å². The zero-order valence-corrected chi connectivity index (χ0v) is 16.9. The van der Waals surface area contributed by atoms with Crippen LogP contribution in [0.1, 0.15) is 18.4 Å². The Labute approximate surface area is 170 Å². The first-order chi connectivity index (χ1) is 14.0. The van der Waals surface area contributed by atoms with Crippen LogP contribution in [0.15, 0.2) is 48.5 Å². The van der Waals surface area contributed by atoms with Crippen molar-refractivity contribution < 1.29 is 22.7 Å². The van der Waals surface area contributed by atoms with E-state index in [0.29, 0.717) is 49.8 Å². The second-order valence-electron chi connectivity index (χ2n) is 7.29. The lowest BCUT2D eigenvalue weighted by atomic mass is 9.98. The Morgan fingerprint density at radius 2 is 1.83 bits per heavy atom. The van der Waals surface area contributed by atoms with E-state index >= 15 is 0 Å². The number of piperidine rings is 1. The Morgan fingerprint density at radius 1 is 1.07 bits per heavy atom. The fourth-order valence-electron chi connectivity index (χ4n) is 3.65. The number of ether oxygens (including phenoxy) is 2. The van der Waals surface area contributed by atoms with E-state index in [0.717, 1.165) is 5.56 Å². The van der Waals surface area contributed by atoms with E-state index in [4.69, 9.17) is 9.47 Å². The monoisotopic (exact) mass is 416 g/mol. The molecule has 1 fully saturated rings. The summed E-state index contributed by atoms with van der Waals surface area (Å²) in [6.07, 6.45) is 1.32. The molecule has 2 aliphatic rings. The molecule has 0 aromatic heterocycles. The number of carbonyl (C=O) groups excluding carboxylic acids is 1. The van der Waals surface area contributed by atoms with Gasteiger partial charge >= 0.3 is 0 Å². The Bertz CT molecular complexity index is 978. The van der Waals surface area contributed by atoms with Crippen molar-refractivity contribution in [2.45, 2.75) is 18.6 Å². The first kappa shape index (κ1) is 19.7. The number of sulfonamides is 1. The highest BCUT2D eigenvalue weighted by molar-refractivity contribution is 7.88. The fourth-order valence-corrected chi connectivity index (χ4v) is 5.26. The van der Waals surface area contributed by atoms with Crippen molar-refractivity contribution >= 4 is 21.6 Å². The number of nitrogens with zero attached hydrogens (tertiary/aromatic N) is 1. The number of carbonyl (C=O) groups is 1. The summed E-state index contributed by atoms with van der Waals surface area (Å²) in [5.41, 5.74) is 1.36. The van der Waals surface area contributed by atoms with Crippen LogP contribution in [0.5, 0.6) is 11.5 Å². The number of nitrogens with one attached hydrogen (secondary N) is 1. The summed E-state index contributed by atoms with van der Waals surface area (Å²) in [6.45, 7) is 1.63. The predicted molar refractivity (Wildman–Crippen MR) is 109 cm³/mol. The molecule has 2 aliphatic heterocycles. The molecule has 1 amide bonds. The SMILES string of the molecule is O=C(Nc1ccc2c(c1)OCCO2)[C@@H]1CCCN(S(=O)(=O)Cc2ccccc2)C1. The molecule has 0 unspecified atom stereocenters. The molecule has 4 rings (SSSR count). The summed E-state index contributed by atoms with van der Waals surface area (Å²) in [5.74, 6) is 0.642. The van der Waals surface area contributed by atoms with E-state index in [9.17, 15) is 13.2 Å². The standard InChI is InChI=1S/C21H24N2O5S/c24-21(22-18-8-9-19-20(13-18)28-12-11-27-19)17-7-4-10-23(14-17)29(25,26)15-16-5-2-1-3-6-16/h1-3,5-6,8-9,13,17H,4,7,10-12,14-15H2,(H,22,24)/t17-/m1/s1. The highest BCUT2D eigenvalue weighted by Crippen LogP contribution is 2.33. The van der Waals surface area contributed by atoms with Crippen molar-refractivity contribution in [2.24, 2.45) is 5.92 Å². The highest BCUT2D eigenvalue weighted by Gasteiger charge is 2.32. The second-order valence-corrected chi connectivity index (χ2v) is 9.26. The summed E-state index contributed by atoms with van der Waals surface area (Å²) in [4.78, 5) is 12.8. The van der Waals surface area contributed by atoms with Gasteiger partial charge in [-0.1, -0.05) is 30.3 Å². The molecule has 8 heteroatoms. The van der Waals surface area contributed by atoms with Gasteiger partial charge in [-0.15, -0.1) is 0 Å². The van der Waals surface area contributed by atoms with Crippen molar-refractivity contribution in [3.63, 3.8) is 0 Å². The molecule has 0 radical (unpaired) electrons. The Hall–Kier alpha value is -2.58. The van der Waals surface area contributed by atoms with Crippen LogP contribution in [0.3, 0.4) is 0 Å². The van der Waals surface area contributed by atoms with E-state index in [1.54, 1.807) is 30.3 Å². The van der Waals surface area contributed by atoms with E-state index in [-0.39, 0.29) is 24.1 Å². The number of hydrogen-bond donors (Lipinski definition) is 1. The third kappa shape index (κ3) is 4.71. The van der Waals surface area contributed by atoms with Gasteiger partial charge in [0.15, 0.2) is 11.5 Å². The molecule has 2 aromatic rings. The van der Waals surface area contributed by atoms with Crippen molar-refractivity contribution in [2.75, 3.05) is 31.6 Å². The van der Waals surface area contributed by atoms with Gasteiger partial charge in [0.05, 0.1) is 11.7 Å². The van der Waals surface area contributed by atoms with Gasteiger partial charge in [-0.2, -0.15) is 0 Å². The molecule has 154 valence electrons. The quantitative estimate of drug-likeness (QED) is 0.810. The molecule has 2 aromatic carbocycles. The minimum Gasteiger partial charge on any atom is -0.486 e. The number of benzene rings is 2. The van der Waals surface area contributed by atoms with Crippen LogP contribution >= 0.6 is 0 Å². The smallest absolute Gasteiger partial charge is 0.228 e. The lowest BCUT2D eigenvalue weighted by molar-refractivity contribution is -0.120. The van der Waals surface area contributed by atoms with Gasteiger partial charge in [-0.3, -0.25) is 4.79 Å². The zero-order valence-electron chi connectivity index (χ0n) is 16.0. The summed E-state index contributed by atoms with van der Waals surface area (Å²) in [5, 5.41) is 2.89. The number of fused-ring (bicyclic) bond motifs is 1. The molecule has 2 heterocycles. The van der Waals surface area contributed by atoms with Gasteiger partial charge in [0, 0.05) is 24.8 Å². The molecule has 0 saturated carbocycles. The van der Waals surface area contributed by atoms with Crippen molar-refractivity contribution in [1.82, 2.24) is 4.31 Å². The van der Waals surface area contributed by atoms with Crippen molar-refractivity contribution in [3.8, 4) is 11.5 Å². The van der Waals surface area contributed by atoms with Crippen LogP contribution in [0.4, 0.5) is 5.69 Å². The minimum absolute atomic E-state index is 0.0512. The average Bonchev–Trinajstić information content (AvgIpc) is 2.74. The van der Waals surface area contributed by atoms with E-state index < -0.39 is 10.0 Å². The third-order valence-electron chi connectivity index (χ3n) is 5.15. The maximum Gasteiger partial charge on any atom is 0.228 e. The maximum absolute atomic E-state index is 12.8. The molecule has 0 bridgehead atoms. The molecule has 1 atom stereocenters. The highest BCUT2D eigenvalue weighted by atomic mass is 32.2. The van der Waals surface area contributed by atoms with Crippen LogP contribution < -0.4 is 14.8 Å². The Morgan fingerprint density at radius 3 is 2.62 bits per heavy atom. The largest absolute Gasteiger partial charge is 0.486 e. The second kappa shape index (κ2) is 8.42. The molecule has 29 heavy (non-hydrogen) atoms. The first-order valence-corrected chi connectivity index (χ1v) is 11.3. The fraction of sp³-hybridized carbons (Fsp3) is 0.381. The maximum atomic E-state index is 12.8. The van der Waals surface area contributed by atoms with Gasteiger partial charge < -0.3 is 14.8 Å². The summed E-state index contributed by atoms with van der Waals surface area (Å²) in [6, 6.07) is 14.4. The summed E-state index contributed by atoms with van der Waals surface area (Å²) >= 11 is 0. The van der Waals surface area contributed by atoms with Crippen molar-refractivity contribution in [3.05, 3.63) is 54.1 Å². The molecular formula is C21H24N2O5S. The van der Waals surface area contributed by atoms with Crippen LogP contribution in [0, 0.1) is 5.92 Å². The Kier molecular flexibility index (Phi) is 5.73. The third-order valence-corrected chi connectivity index (χ3v) is 6.97. The number of hydrogen-bond acceptors (Lipinski definition) is 5.